The van der Waals surface area contributed by atoms with Crippen LogP contribution >= 0.6 is 0 Å². The van der Waals surface area contributed by atoms with Gasteiger partial charge in [0.25, 0.3) is 0 Å². The van der Waals surface area contributed by atoms with Crippen LogP contribution in [0.5, 0.6) is 0 Å². The summed E-state index contributed by atoms with van der Waals surface area (Å²) < 4.78 is 5.13. The van der Waals surface area contributed by atoms with Crippen molar-refractivity contribution in [1.82, 2.24) is 10.1 Å². The summed E-state index contributed by atoms with van der Waals surface area (Å²) in [5.41, 5.74) is 7.62. The van der Waals surface area contributed by atoms with Gasteiger partial charge in [-0.3, -0.25) is 0 Å². The molecule has 1 aromatic heterocycles. The van der Waals surface area contributed by atoms with E-state index in [2.05, 4.69) is 10.1 Å². The van der Waals surface area contributed by atoms with Crippen molar-refractivity contribution in [3.63, 3.8) is 0 Å². The molecule has 4 nitrogen and oxygen atoms in total. The number of aryl methyl sites for hydroxylation is 2. The van der Waals surface area contributed by atoms with Gasteiger partial charge in [-0.2, -0.15) is 4.98 Å². The quantitative estimate of drug-likeness (QED) is 0.849. The van der Waals surface area contributed by atoms with Gasteiger partial charge in [0, 0.05) is 12.0 Å². The van der Waals surface area contributed by atoms with Crippen LogP contribution < -0.4 is 5.73 Å². The van der Waals surface area contributed by atoms with Gasteiger partial charge < -0.3 is 10.3 Å². The average Bonchev–Trinajstić information content (AvgIpc) is 2.76. The maximum atomic E-state index is 5.42. The lowest BCUT2D eigenvalue weighted by atomic mass is 10.1. The standard InChI is InChI=1S/C12H15N3O/c1-9-4-6-10(7-5-9)12-14-11(16-15-12)3-2-8-13/h4-7H,2-3,8,13H2,1H3. The molecular formula is C12H15N3O. The van der Waals surface area contributed by atoms with Crippen molar-refractivity contribution in [2.24, 2.45) is 5.73 Å². The average molecular weight is 217 g/mol. The van der Waals surface area contributed by atoms with E-state index in [0.29, 0.717) is 18.3 Å². The second-order valence-electron chi connectivity index (χ2n) is 3.77. The fraction of sp³-hybridized carbons (Fsp3) is 0.333. The normalized spacial score (nSPS) is 10.6. The Morgan fingerprint density at radius 1 is 1.25 bits per heavy atom. The van der Waals surface area contributed by atoms with Gasteiger partial charge in [-0.15, -0.1) is 0 Å². The molecular weight excluding hydrogens is 202 g/mol. The minimum absolute atomic E-state index is 0.641. The Kier molecular flexibility index (Phi) is 3.31. The van der Waals surface area contributed by atoms with Crippen LogP contribution in [0.2, 0.25) is 0 Å². The SMILES string of the molecule is Cc1ccc(-c2noc(CCCN)n2)cc1. The first-order valence-electron chi connectivity index (χ1n) is 5.39. The third kappa shape index (κ3) is 2.46. The Morgan fingerprint density at radius 2 is 2.00 bits per heavy atom. The van der Waals surface area contributed by atoms with E-state index in [-0.39, 0.29) is 0 Å². The molecule has 4 heteroatoms. The van der Waals surface area contributed by atoms with Gasteiger partial charge in [0.15, 0.2) is 0 Å². The molecule has 1 heterocycles. The van der Waals surface area contributed by atoms with E-state index in [1.807, 2.05) is 31.2 Å². The first kappa shape index (κ1) is 10.8. The number of aromatic nitrogens is 2. The van der Waals surface area contributed by atoms with Gasteiger partial charge in [0.1, 0.15) is 0 Å². The van der Waals surface area contributed by atoms with Crippen molar-refractivity contribution in [2.45, 2.75) is 19.8 Å². The summed E-state index contributed by atoms with van der Waals surface area (Å²) in [5, 5.41) is 3.94. The topological polar surface area (TPSA) is 64.9 Å². The molecule has 0 saturated carbocycles. The van der Waals surface area contributed by atoms with E-state index >= 15 is 0 Å². The van der Waals surface area contributed by atoms with Crippen molar-refractivity contribution in [3.05, 3.63) is 35.7 Å². The number of nitrogens with zero attached hydrogens (tertiary/aromatic N) is 2. The van der Waals surface area contributed by atoms with Crippen LogP contribution in [0.3, 0.4) is 0 Å². The first-order valence-corrected chi connectivity index (χ1v) is 5.39. The van der Waals surface area contributed by atoms with Gasteiger partial charge in [-0.05, 0) is 19.9 Å². The van der Waals surface area contributed by atoms with Gasteiger partial charge >= 0.3 is 0 Å². The highest BCUT2D eigenvalue weighted by Crippen LogP contribution is 2.16. The number of nitrogens with two attached hydrogens (primary N) is 1. The molecule has 0 radical (unpaired) electrons. The van der Waals surface area contributed by atoms with Crippen LogP contribution in [-0.2, 0) is 6.42 Å². The Hall–Kier alpha value is -1.68. The van der Waals surface area contributed by atoms with E-state index in [0.717, 1.165) is 18.4 Å². The van der Waals surface area contributed by atoms with E-state index in [4.69, 9.17) is 10.3 Å². The Morgan fingerprint density at radius 3 is 2.69 bits per heavy atom. The first-order chi connectivity index (χ1) is 7.79. The van der Waals surface area contributed by atoms with Crippen LogP contribution in [0.25, 0.3) is 11.4 Å². The maximum absolute atomic E-state index is 5.42. The van der Waals surface area contributed by atoms with Crippen LogP contribution in [0.1, 0.15) is 17.9 Å². The largest absolute Gasteiger partial charge is 0.339 e. The highest BCUT2D eigenvalue weighted by atomic mass is 16.5. The summed E-state index contributed by atoms with van der Waals surface area (Å²) in [6.07, 6.45) is 1.62. The van der Waals surface area contributed by atoms with E-state index in [1.54, 1.807) is 0 Å². The van der Waals surface area contributed by atoms with Crippen LogP contribution in [-0.4, -0.2) is 16.7 Å². The van der Waals surface area contributed by atoms with Crippen LogP contribution in [0, 0.1) is 6.92 Å². The minimum atomic E-state index is 0.641. The zero-order valence-electron chi connectivity index (χ0n) is 9.31. The molecule has 84 valence electrons. The Labute approximate surface area is 94.5 Å². The molecule has 0 fully saturated rings. The lowest BCUT2D eigenvalue weighted by Crippen LogP contribution is -2.00. The van der Waals surface area contributed by atoms with Gasteiger partial charge in [0.2, 0.25) is 11.7 Å². The number of hydrogen-bond acceptors (Lipinski definition) is 4. The predicted molar refractivity (Wildman–Crippen MR) is 61.8 cm³/mol. The van der Waals surface area contributed by atoms with Crippen LogP contribution in [0.15, 0.2) is 28.8 Å². The second kappa shape index (κ2) is 4.90. The third-order valence-electron chi connectivity index (χ3n) is 2.37. The molecule has 0 spiro atoms. The third-order valence-corrected chi connectivity index (χ3v) is 2.37. The van der Waals surface area contributed by atoms with Crippen molar-refractivity contribution in [2.75, 3.05) is 6.54 Å². The summed E-state index contributed by atoms with van der Waals surface area (Å²) in [6.45, 7) is 2.69. The lowest BCUT2D eigenvalue weighted by Gasteiger charge is -1.94. The fourth-order valence-electron chi connectivity index (χ4n) is 1.43. The Balaban J connectivity index is 2.15. The monoisotopic (exact) mass is 217 g/mol. The lowest BCUT2D eigenvalue weighted by molar-refractivity contribution is 0.376. The molecule has 0 unspecified atom stereocenters. The van der Waals surface area contributed by atoms with Gasteiger partial charge in [0.05, 0.1) is 0 Å². The minimum Gasteiger partial charge on any atom is -0.339 e. The summed E-state index contributed by atoms with van der Waals surface area (Å²) in [4.78, 5) is 4.31. The molecule has 1 aromatic carbocycles. The molecule has 2 N–H and O–H groups in total. The summed E-state index contributed by atoms with van der Waals surface area (Å²) in [5.74, 6) is 1.30. The molecule has 0 aliphatic rings. The molecule has 0 atom stereocenters. The molecule has 0 amide bonds. The summed E-state index contributed by atoms with van der Waals surface area (Å²) in [7, 11) is 0. The van der Waals surface area contributed by atoms with E-state index in [9.17, 15) is 0 Å². The number of benzene rings is 1. The smallest absolute Gasteiger partial charge is 0.227 e. The molecule has 0 saturated heterocycles. The fourth-order valence-corrected chi connectivity index (χ4v) is 1.43. The number of rotatable bonds is 4. The number of hydrogen-bond donors (Lipinski definition) is 1. The van der Waals surface area contributed by atoms with Crippen LogP contribution in [0.4, 0.5) is 0 Å². The molecule has 2 rings (SSSR count). The molecule has 0 aliphatic carbocycles. The van der Waals surface area contributed by atoms with Crippen molar-refractivity contribution >= 4 is 0 Å². The van der Waals surface area contributed by atoms with Crippen molar-refractivity contribution < 1.29 is 4.52 Å². The highest BCUT2D eigenvalue weighted by molar-refractivity contribution is 5.54. The molecule has 2 aromatic rings. The molecule has 0 bridgehead atoms. The van der Waals surface area contributed by atoms with Crippen molar-refractivity contribution in [1.29, 1.82) is 0 Å². The van der Waals surface area contributed by atoms with Crippen molar-refractivity contribution in [3.8, 4) is 11.4 Å². The zero-order chi connectivity index (χ0) is 11.4. The molecule has 0 aliphatic heterocycles. The van der Waals surface area contributed by atoms with E-state index < -0.39 is 0 Å². The molecule has 16 heavy (non-hydrogen) atoms. The predicted octanol–water partition coefficient (Wildman–Crippen LogP) is 1.94. The second-order valence-corrected chi connectivity index (χ2v) is 3.77. The summed E-state index contributed by atoms with van der Waals surface area (Å²) >= 11 is 0. The van der Waals surface area contributed by atoms with Gasteiger partial charge in [-0.1, -0.05) is 35.0 Å². The summed E-state index contributed by atoms with van der Waals surface area (Å²) in [6, 6.07) is 8.05. The Bertz CT molecular complexity index is 448. The maximum Gasteiger partial charge on any atom is 0.227 e. The van der Waals surface area contributed by atoms with E-state index in [1.165, 1.54) is 5.56 Å². The van der Waals surface area contributed by atoms with Gasteiger partial charge in [-0.25, -0.2) is 0 Å². The highest BCUT2D eigenvalue weighted by Gasteiger charge is 2.07. The zero-order valence-corrected chi connectivity index (χ0v) is 9.31.